The average molecular weight is 418 g/mol. The van der Waals surface area contributed by atoms with E-state index in [1.54, 1.807) is 11.3 Å². The van der Waals surface area contributed by atoms with Gasteiger partial charge in [-0.25, -0.2) is 0 Å². The third-order valence-corrected chi connectivity index (χ3v) is 5.61. The van der Waals surface area contributed by atoms with Gasteiger partial charge in [0, 0.05) is 15.3 Å². The van der Waals surface area contributed by atoms with E-state index < -0.39 is 0 Å². The summed E-state index contributed by atoms with van der Waals surface area (Å²) in [5, 5.41) is 7.05. The largest absolute Gasteiger partial charge is 0.351 e. The zero-order chi connectivity index (χ0) is 17.2. The lowest BCUT2D eigenvalue weighted by molar-refractivity contribution is -0.122. The van der Waals surface area contributed by atoms with Crippen molar-refractivity contribution in [2.24, 2.45) is 5.92 Å². The highest BCUT2D eigenvalue weighted by Gasteiger charge is 2.29. The standard InChI is InChI=1S/C18H16BrN3O2S/c19-13-5-1-11(2-6-13)9-16-21-17(22-24-16)15-8-7-14(25-15)10-20-18(23)12-3-4-12/h1-2,5-8,12H,3-4,9-10H2,(H,20,23). The number of benzene rings is 1. The van der Waals surface area contributed by atoms with Crippen molar-refractivity contribution in [3.05, 3.63) is 57.2 Å². The van der Waals surface area contributed by atoms with Crippen LogP contribution in [-0.2, 0) is 17.8 Å². The number of carbonyl (C=O) groups is 1. The monoisotopic (exact) mass is 417 g/mol. The van der Waals surface area contributed by atoms with Gasteiger partial charge in [0.2, 0.25) is 17.6 Å². The maximum Gasteiger partial charge on any atom is 0.231 e. The number of rotatable bonds is 6. The van der Waals surface area contributed by atoms with Crippen molar-refractivity contribution in [2.45, 2.75) is 25.8 Å². The maximum atomic E-state index is 11.7. The van der Waals surface area contributed by atoms with Crippen LogP contribution in [0.5, 0.6) is 0 Å². The molecular formula is C18H16BrN3O2S. The molecule has 1 aliphatic rings. The summed E-state index contributed by atoms with van der Waals surface area (Å²) in [7, 11) is 0. The third-order valence-electron chi connectivity index (χ3n) is 4.00. The number of thiophene rings is 1. The van der Waals surface area contributed by atoms with Crippen molar-refractivity contribution in [1.82, 2.24) is 15.5 Å². The van der Waals surface area contributed by atoms with Crippen LogP contribution in [0, 0.1) is 5.92 Å². The second kappa shape index (κ2) is 7.09. The van der Waals surface area contributed by atoms with Crippen LogP contribution in [0.2, 0.25) is 0 Å². The molecule has 25 heavy (non-hydrogen) atoms. The van der Waals surface area contributed by atoms with Gasteiger partial charge in [0.25, 0.3) is 0 Å². The molecule has 1 fully saturated rings. The molecule has 128 valence electrons. The zero-order valence-electron chi connectivity index (χ0n) is 13.4. The van der Waals surface area contributed by atoms with Crippen LogP contribution in [-0.4, -0.2) is 16.0 Å². The summed E-state index contributed by atoms with van der Waals surface area (Å²) in [5.41, 5.74) is 1.12. The normalized spacial score (nSPS) is 13.8. The smallest absolute Gasteiger partial charge is 0.231 e. The van der Waals surface area contributed by atoms with Gasteiger partial charge in [-0.1, -0.05) is 33.2 Å². The molecule has 2 heterocycles. The Morgan fingerprint density at radius 1 is 1.24 bits per heavy atom. The highest BCUT2D eigenvalue weighted by atomic mass is 79.9. The summed E-state index contributed by atoms with van der Waals surface area (Å²) >= 11 is 5.00. The van der Waals surface area contributed by atoms with Crippen molar-refractivity contribution in [3.63, 3.8) is 0 Å². The van der Waals surface area contributed by atoms with Crippen molar-refractivity contribution < 1.29 is 9.32 Å². The molecule has 0 spiro atoms. The van der Waals surface area contributed by atoms with E-state index in [0.29, 0.717) is 24.7 Å². The second-order valence-corrected chi connectivity index (χ2v) is 8.16. The molecule has 3 aromatic rings. The fourth-order valence-corrected chi connectivity index (χ4v) is 3.60. The molecule has 0 unspecified atom stereocenters. The summed E-state index contributed by atoms with van der Waals surface area (Å²) in [5.74, 6) is 1.58. The topological polar surface area (TPSA) is 68.0 Å². The third kappa shape index (κ3) is 4.16. The van der Waals surface area contributed by atoms with E-state index in [0.717, 1.165) is 32.6 Å². The van der Waals surface area contributed by atoms with Gasteiger partial charge >= 0.3 is 0 Å². The van der Waals surface area contributed by atoms with Gasteiger partial charge in [-0.05, 0) is 42.7 Å². The summed E-state index contributed by atoms with van der Waals surface area (Å²) in [6, 6.07) is 12.0. The molecule has 1 saturated carbocycles. The fourth-order valence-electron chi connectivity index (χ4n) is 2.46. The molecule has 1 N–H and O–H groups in total. The molecule has 4 rings (SSSR count). The summed E-state index contributed by atoms with van der Waals surface area (Å²) in [6.07, 6.45) is 2.65. The summed E-state index contributed by atoms with van der Waals surface area (Å²) in [4.78, 5) is 18.2. The van der Waals surface area contributed by atoms with Crippen LogP contribution < -0.4 is 5.32 Å². The van der Waals surface area contributed by atoms with E-state index >= 15 is 0 Å². The second-order valence-electron chi connectivity index (χ2n) is 6.07. The first kappa shape index (κ1) is 16.5. The molecule has 0 aliphatic heterocycles. The Labute approximate surface area is 157 Å². The molecule has 1 aromatic carbocycles. The van der Waals surface area contributed by atoms with Crippen LogP contribution in [0.1, 0.15) is 29.2 Å². The summed E-state index contributed by atoms with van der Waals surface area (Å²) in [6.45, 7) is 0.559. The van der Waals surface area contributed by atoms with Crippen LogP contribution in [0.15, 0.2) is 45.4 Å². The van der Waals surface area contributed by atoms with Crippen LogP contribution in [0.3, 0.4) is 0 Å². The van der Waals surface area contributed by atoms with Gasteiger partial charge in [0.1, 0.15) is 0 Å². The maximum absolute atomic E-state index is 11.7. The van der Waals surface area contributed by atoms with E-state index in [1.807, 2.05) is 36.4 Å². The highest BCUT2D eigenvalue weighted by molar-refractivity contribution is 9.10. The molecule has 2 aromatic heterocycles. The molecule has 0 saturated heterocycles. The molecule has 1 aliphatic carbocycles. The average Bonchev–Trinajstić information content (AvgIpc) is 3.18. The van der Waals surface area contributed by atoms with E-state index in [9.17, 15) is 4.79 Å². The van der Waals surface area contributed by atoms with Crippen LogP contribution >= 0.6 is 27.3 Å². The number of aromatic nitrogens is 2. The molecule has 5 nitrogen and oxygen atoms in total. The highest BCUT2D eigenvalue weighted by Crippen LogP contribution is 2.30. The number of nitrogens with zero attached hydrogens (tertiary/aromatic N) is 2. The Balaban J connectivity index is 1.39. The number of amides is 1. The van der Waals surface area contributed by atoms with Gasteiger partial charge in [-0.15, -0.1) is 11.3 Å². The van der Waals surface area contributed by atoms with Gasteiger partial charge in [0.05, 0.1) is 17.8 Å². The van der Waals surface area contributed by atoms with Crippen molar-refractivity contribution in [1.29, 1.82) is 0 Å². The van der Waals surface area contributed by atoms with Crippen LogP contribution in [0.4, 0.5) is 0 Å². The molecule has 1 amide bonds. The SMILES string of the molecule is O=C(NCc1ccc(-c2noc(Cc3ccc(Br)cc3)n2)s1)C1CC1. The first-order valence-electron chi connectivity index (χ1n) is 8.11. The van der Waals surface area contributed by atoms with E-state index in [-0.39, 0.29) is 11.8 Å². The number of hydrogen-bond acceptors (Lipinski definition) is 5. The van der Waals surface area contributed by atoms with E-state index in [1.165, 1.54) is 0 Å². The number of halogens is 1. The summed E-state index contributed by atoms with van der Waals surface area (Å²) < 4.78 is 6.41. The number of nitrogens with one attached hydrogen (secondary N) is 1. The van der Waals surface area contributed by atoms with Gasteiger partial charge in [-0.3, -0.25) is 4.79 Å². The minimum Gasteiger partial charge on any atom is -0.351 e. The minimum atomic E-state index is 0.159. The number of carbonyl (C=O) groups excluding carboxylic acids is 1. The molecule has 7 heteroatoms. The Kier molecular flexibility index (Phi) is 4.67. The molecule has 0 bridgehead atoms. The Bertz CT molecular complexity index is 884. The Morgan fingerprint density at radius 2 is 2.04 bits per heavy atom. The molecular weight excluding hydrogens is 402 g/mol. The first-order valence-corrected chi connectivity index (χ1v) is 9.72. The Morgan fingerprint density at radius 3 is 2.80 bits per heavy atom. The minimum absolute atomic E-state index is 0.159. The number of hydrogen-bond donors (Lipinski definition) is 1. The van der Waals surface area contributed by atoms with E-state index in [4.69, 9.17) is 4.52 Å². The predicted octanol–water partition coefficient (Wildman–Crippen LogP) is 4.18. The Hall–Kier alpha value is -1.99. The lowest BCUT2D eigenvalue weighted by atomic mass is 10.1. The lowest BCUT2D eigenvalue weighted by Crippen LogP contribution is -2.23. The first-order chi connectivity index (χ1) is 12.2. The van der Waals surface area contributed by atoms with E-state index in [2.05, 4.69) is 31.4 Å². The quantitative estimate of drug-likeness (QED) is 0.652. The molecule has 0 radical (unpaired) electrons. The van der Waals surface area contributed by atoms with Crippen molar-refractivity contribution in [3.8, 4) is 10.7 Å². The fraction of sp³-hybridized carbons (Fsp3) is 0.278. The van der Waals surface area contributed by atoms with Crippen molar-refractivity contribution >= 4 is 33.2 Å². The van der Waals surface area contributed by atoms with Crippen molar-refractivity contribution in [2.75, 3.05) is 0 Å². The van der Waals surface area contributed by atoms with Gasteiger partial charge in [0.15, 0.2) is 0 Å². The molecule has 0 atom stereocenters. The van der Waals surface area contributed by atoms with Crippen LogP contribution in [0.25, 0.3) is 10.7 Å². The predicted molar refractivity (Wildman–Crippen MR) is 99.1 cm³/mol. The van der Waals surface area contributed by atoms with Gasteiger partial charge in [-0.2, -0.15) is 4.98 Å². The van der Waals surface area contributed by atoms with Gasteiger partial charge < -0.3 is 9.84 Å². The lowest BCUT2D eigenvalue weighted by Gasteiger charge is -2.00. The zero-order valence-corrected chi connectivity index (χ0v) is 15.8.